The zero-order valence-electron chi connectivity index (χ0n) is 14.9. The Morgan fingerprint density at radius 1 is 1.11 bits per heavy atom. The summed E-state index contributed by atoms with van der Waals surface area (Å²) in [5, 5.41) is 3.37. The third kappa shape index (κ3) is 5.06. The van der Waals surface area contributed by atoms with Crippen LogP contribution in [0.2, 0.25) is 0 Å². The predicted octanol–water partition coefficient (Wildman–Crippen LogP) is 3.03. The van der Waals surface area contributed by atoms with Crippen LogP contribution in [0.15, 0.2) is 57.7 Å². The molecule has 0 aliphatic heterocycles. The van der Waals surface area contributed by atoms with Gasteiger partial charge in [0, 0.05) is 23.6 Å². The van der Waals surface area contributed by atoms with Gasteiger partial charge in [0.25, 0.3) is 5.91 Å². The molecule has 28 heavy (non-hydrogen) atoms. The zero-order chi connectivity index (χ0) is 20.1. The summed E-state index contributed by atoms with van der Waals surface area (Å²) in [5.41, 5.74) is -0.123. The summed E-state index contributed by atoms with van der Waals surface area (Å²) in [6.45, 7) is 1.40. The number of fused-ring (bicyclic) bond motifs is 1. The number of carbonyl (C=O) groups is 1. The van der Waals surface area contributed by atoms with Gasteiger partial charge in [-0.05, 0) is 37.3 Å². The van der Waals surface area contributed by atoms with E-state index < -0.39 is 29.2 Å². The molecule has 0 aliphatic carbocycles. The van der Waals surface area contributed by atoms with Crippen molar-refractivity contribution in [1.82, 2.24) is 5.32 Å². The Hall–Kier alpha value is -3.42. The largest absolute Gasteiger partial charge is 0.488 e. The first-order valence-corrected chi connectivity index (χ1v) is 8.44. The van der Waals surface area contributed by atoms with Crippen LogP contribution in [0.4, 0.5) is 8.78 Å². The monoisotopic (exact) mass is 389 g/mol. The highest BCUT2D eigenvalue weighted by atomic mass is 19.1. The topological polar surface area (TPSA) is 77.8 Å². The Kier molecular flexibility index (Phi) is 5.88. The van der Waals surface area contributed by atoms with Gasteiger partial charge in [-0.3, -0.25) is 4.79 Å². The molecule has 0 saturated carbocycles. The number of benzene rings is 2. The van der Waals surface area contributed by atoms with Crippen LogP contribution in [0.25, 0.3) is 11.0 Å². The van der Waals surface area contributed by atoms with Gasteiger partial charge in [-0.1, -0.05) is 0 Å². The number of carbonyl (C=O) groups excluding carboxylic acids is 1. The number of ether oxygens (including phenoxy) is 2. The lowest BCUT2D eigenvalue weighted by molar-refractivity contribution is -0.123. The molecule has 1 aromatic heterocycles. The van der Waals surface area contributed by atoms with E-state index in [1.807, 2.05) is 0 Å². The molecule has 1 heterocycles. The summed E-state index contributed by atoms with van der Waals surface area (Å²) >= 11 is 0. The first-order chi connectivity index (χ1) is 13.4. The Bertz CT molecular complexity index is 1050. The highest BCUT2D eigenvalue weighted by Gasteiger charge is 2.11. The second-order valence-corrected chi connectivity index (χ2v) is 6.10. The number of hydrogen-bond donors (Lipinski definition) is 1. The van der Waals surface area contributed by atoms with Crippen LogP contribution in [0.1, 0.15) is 6.92 Å². The van der Waals surface area contributed by atoms with Crippen molar-refractivity contribution in [3.8, 4) is 11.5 Å². The normalized spacial score (nSPS) is 11.8. The van der Waals surface area contributed by atoms with E-state index in [4.69, 9.17) is 13.9 Å². The molecule has 6 nitrogen and oxygen atoms in total. The molecular formula is C20H17F2NO5. The quantitative estimate of drug-likeness (QED) is 0.629. The molecular weight excluding hydrogens is 372 g/mol. The molecule has 1 unspecified atom stereocenters. The SMILES string of the molecule is CC(COc1ccc(F)cc1F)NC(=O)COc1ccc2ccc(=O)oc2c1. The molecule has 0 aliphatic rings. The van der Waals surface area contributed by atoms with E-state index >= 15 is 0 Å². The van der Waals surface area contributed by atoms with Gasteiger partial charge in [0.15, 0.2) is 18.2 Å². The summed E-state index contributed by atoms with van der Waals surface area (Å²) in [7, 11) is 0. The molecule has 1 amide bonds. The lowest BCUT2D eigenvalue weighted by atomic mass is 10.2. The maximum atomic E-state index is 13.5. The van der Waals surface area contributed by atoms with Crippen LogP contribution in [0.5, 0.6) is 11.5 Å². The summed E-state index contributed by atoms with van der Waals surface area (Å²) in [5.74, 6) is -1.66. The minimum atomic E-state index is -0.815. The van der Waals surface area contributed by atoms with Crippen LogP contribution in [0.3, 0.4) is 0 Å². The van der Waals surface area contributed by atoms with Gasteiger partial charge in [0.2, 0.25) is 0 Å². The van der Waals surface area contributed by atoms with Crippen molar-refractivity contribution in [1.29, 1.82) is 0 Å². The first kappa shape index (κ1) is 19.3. The molecule has 0 radical (unpaired) electrons. The summed E-state index contributed by atoms with van der Waals surface area (Å²) in [4.78, 5) is 23.2. The van der Waals surface area contributed by atoms with E-state index in [2.05, 4.69) is 5.32 Å². The molecule has 2 aromatic carbocycles. The molecule has 0 saturated heterocycles. The number of halogens is 2. The van der Waals surface area contributed by atoms with Crippen LogP contribution in [-0.4, -0.2) is 25.2 Å². The minimum Gasteiger partial charge on any atom is -0.488 e. The number of amides is 1. The number of nitrogens with one attached hydrogen (secondary N) is 1. The number of rotatable bonds is 7. The van der Waals surface area contributed by atoms with Crippen molar-refractivity contribution in [2.45, 2.75) is 13.0 Å². The first-order valence-electron chi connectivity index (χ1n) is 8.44. The van der Waals surface area contributed by atoms with Gasteiger partial charge in [-0.15, -0.1) is 0 Å². The van der Waals surface area contributed by atoms with Gasteiger partial charge in [-0.25, -0.2) is 13.6 Å². The van der Waals surface area contributed by atoms with Gasteiger partial charge in [-0.2, -0.15) is 0 Å². The average molecular weight is 389 g/mol. The third-order valence-electron chi connectivity index (χ3n) is 3.75. The zero-order valence-corrected chi connectivity index (χ0v) is 14.9. The van der Waals surface area contributed by atoms with Crippen LogP contribution >= 0.6 is 0 Å². The number of hydrogen-bond acceptors (Lipinski definition) is 5. The molecule has 0 spiro atoms. The third-order valence-corrected chi connectivity index (χ3v) is 3.75. The molecule has 8 heteroatoms. The van der Waals surface area contributed by atoms with Crippen molar-refractivity contribution >= 4 is 16.9 Å². The fraction of sp³-hybridized carbons (Fsp3) is 0.200. The van der Waals surface area contributed by atoms with Gasteiger partial charge in [0.05, 0.1) is 6.04 Å². The molecule has 1 N–H and O–H groups in total. The van der Waals surface area contributed by atoms with Crippen molar-refractivity contribution in [2.75, 3.05) is 13.2 Å². The maximum absolute atomic E-state index is 13.5. The Balaban J connectivity index is 1.49. The van der Waals surface area contributed by atoms with Crippen molar-refractivity contribution < 1.29 is 27.5 Å². The lowest BCUT2D eigenvalue weighted by Crippen LogP contribution is -2.39. The smallest absolute Gasteiger partial charge is 0.336 e. The van der Waals surface area contributed by atoms with Gasteiger partial charge < -0.3 is 19.2 Å². The molecule has 3 aromatic rings. The summed E-state index contributed by atoms with van der Waals surface area (Å²) in [6, 6.07) is 10.4. The van der Waals surface area contributed by atoms with E-state index in [1.54, 1.807) is 25.1 Å². The van der Waals surface area contributed by atoms with E-state index in [1.165, 1.54) is 18.2 Å². The summed E-state index contributed by atoms with van der Waals surface area (Å²) < 4.78 is 42.1. The maximum Gasteiger partial charge on any atom is 0.336 e. The molecule has 0 fully saturated rings. The molecule has 3 rings (SSSR count). The Labute approximate surface area is 158 Å². The highest BCUT2D eigenvalue weighted by Crippen LogP contribution is 2.19. The van der Waals surface area contributed by atoms with Crippen LogP contribution < -0.4 is 20.4 Å². The fourth-order valence-corrected chi connectivity index (χ4v) is 2.44. The van der Waals surface area contributed by atoms with E-state index in [0.717, 1.165) is 17.5 Å². The Morgan fingerprint density at radius 2 is 1.89 bits per heavy atom. The predicted molar refractivity (Wildman–Crippen MR) is 97.4 cm³/mol. The average Bonchev–Trinajstić information content (AvgIpc) is 2.65. The fourth-order valence-electron chi connectivity index (χ4n) is 2.44. The molecule has 0 bridgehead atoms. The summed E-state index contributed by atoms with van der Waals surface area (Å²) in [6.07, 6.45) is 0. The van der Waals surface area contributed by atoms with Crippen molar-refractivity contribution in [2.24, 2.45) is 0 Å². The second-order valence-electron chi connectivity index (χ2n) is 6.10. The molecule has 146 valence electrons. The van der Waals surface area contributed by atoms with Crippen molar-refractivity contribution in [3.05, 3.63) is 70.6 Å². The van der Waals surface area contributed by atoms with Gasteiger partial charge in [0.1, 0.15) is 23.8 Å². The highest BCUT2D eigenvalue weighted by molar-refractivity contribution is 5.79. The van der Waals surface area contributed by atoms with E-state index in [0.29, 0.717) is 11.3 Å². The van der Waals surface area contributed by atoms with E-state index in [9.17, 15) is 18.4 Å². The minimum absolute atomic E-state index is 0.00454. The second kappa shape index (κ2) is 8.51. The lowest BCUT2D eigenvalue weighted by Gasteiger charge is -2.15. The molecule has 1 atom stereocenters. The standard InChI is InChI=1S/C20H17F2NO5/c1-12(10-27-17-6-4-14(21)8-16(17)22)23-19(24)11-26-15-5-2-13-3-7-20(25)28-18(13)9-15/h2-9,12H,10-11H2,1H3,(H,23,24). The Morgan fingerprint density at radius 3 is 2.68 bits per heavy atom. The van der Waals surface area contributed by atoms with Crippen LogP contribution in [0, 0.1) is 11.6 Å². The van der Waals surface area contributed by atoms with E-state index in [-0.39, 0.29) is 19.0 Å². The van der Waals surface area contributed by atoms with Gasteiger partial charge >= 0.3 is 5.63 Å². The van der Waals surface area contributed by atoms with Crippen molar-refractivity contribution in [3.63, 3.8) is 0 Å². The van der Waals surface area contributed by atoms with Crippen LogP contribution in [-0.2, 0) is 4.79 Å².